The molecule has 0 bridgehead atoms. The van der Waals surface area contributed by atoms with E-state index >= 15 is 0 Å². The first-order valence-corrected chi connectivity index (χ1v) is 9.27. The molecule has 1 aliphatic heterocycles. The fourth-order valence-electron chi connectivity index (χ4n) is 3.44. The molecule has 1 aromatic heterocycles. The highest BCUT2D eigenvalue weighted by atomic mass is 16.5. The van der Waals surface area contributed by atoms with Gasteiger partial charge in [-0.3, -0.25) is 4.79 Å². The van der Waals surface area contributed by atoms with Crippen molar-refractivity contribution >= 4 is 11.7 Å². The first kappa shape index (κ1) is 16.8. The molecule has 6 heteroatoms. The Bertz CT molecular complexity index is 774. The smallest absolute Gasteiger partial charge is 0.225 e. The van der Waals surface area contributed by atoms with E-state index in [2.05, 4.69) is 20.4 Å². The monoisotopic (exact) mass is 352 g/mol. The van der Waals surface area contributed by atoms with Crippen molar-refractivity contribution in [2.45, 2.75) is 31.7 Å². The second-order valence-corrected chi connectivity index (χ2v) is 7.05. The van der Waals surface area contributed by atoms with E-state index in [1.165, 1.54) is 0 Å². The number of methoxy groups -OCH3 is 1. The van der Waals surface area contributed by atoms with E-state index in [1.807, 2.05) is 36.4 Å². The summed E-state index contributed by atoms with van der Waals surface area (Å²) in [5.41, 5.74) is 1.71. The minimum Gasteiger partial charge on any atom is -0.496 e. The molecule has 1 atom stereocenters. The van der Waals surface area contributed by atoms with Gasteiger partial charge in [-0.25, -0.2) is 0 Å². The third-order valence-electron chi connectivity index (χ3n) is 5.07. The summed E-state index contributed by atoms with van der Waals surface area (Å²) in [7, 11) is 1.65. The van der Waals surface area contributed by atoms with Crippen LogP contribution in [0.15, 0.2) is 36.4 Å². The van der Waals surface area contributed by atoms with Crippen molar-refractivity contribution in [1.82, 2.24) is 15.5 Å². The molecule has 1 amide bonds. The number of hydrogen-bond donors (Lipinski definition) is 1. The van der Waals surface area contributed by atoms with Gasteiger partial charge in [0, 0.05) is 24.7 Å². The van der Waals surface area contributed by atoms with Crippen LogP contribution in [0.2, 0.25) is 0 Å². The van der Waals surface area contributed by atoms with Gasteiger partial charge in [0.1, 0.15) is 5.75 Å². The highest BCUT2D eigenvalue weighted by Gasteiger charge is 2.30. The average molecular weight is 352 g/mol. The van der Waals surface area contributed by atoms with Gasteiger partial charge in [-0.05, 0) is 49.9 Å². The summed E-state index contributed by atoms with van der Waals surface area (Å²) in [6.45, 7) is 1.62. The van der Waals surface area contributed by atoms with E-state index < -0.39 is 0 Å². The lowest BCUT2D eigenvalue weighted by Gasteiger charge is -2.32. The zero-order chi connectivity index (χ0) is 17.9. The molecule has 2 aliphatic rings. The van der Waals surface area contributed by atoms with E-state index in [1.54, 1.807) is 7.11 Å². The maximum absolute atomic E-state index is 12.3. The molecule has 1 unspecified atom stereocenters. The fraction of sp³-hybridized carbons (Fsp3) is 0.450. The number of rotatable bonds is 5. The van der Waals surface area contributed by atoms with Crippen LogP contribution in [-0.2, 0) is 4.79 Å². The van der Waals surface area contributed by atoms with Crippen LogP contribution in [0.5, 0.6) is 5.75 Å². The second kappa shape index (κ2) is 7.32. The van der Waals surface area contributed by atoms with Crippen molar-refractivity contribution in [3.63, 3.8) is 0 Å². The highest BCUT2D eigenvalue weighted by molar-refractivity contribution is 5.80. The van der Waals surface area contributed by atoms with E-state index in [9.17, 15) is 4.79 Å². The standard InChI is InChI=1S/C20H24N4O2/c1-26-18-7-3-2-6-16(18)17-10-11-19(23-22-17)24-12-4-5-14(13-24)20(25)21-15-8-9-15/h2-3,6-7,10-11,14-15H,4-5,8-9,12-13H2,1H3,(H,21,25). The van der Waals surface area contributed by atoms with Crippen LogP contribution in [0, 0.1) is 5.92 Å². The lowest BCUT2D eigenvalue weighted by Crippen LogP contribution is -2.44. The topological polar surface area (TPSA) is 67.3 Å². The molecule has 2 heterocycles. The summed E-state index contributed by atoms with van der Waals surface area (Å²) in [5.74, 6) is 1.84. The highest BCUT2D eigenvalue weighted by Crippen LogP contribution is 2.29. The quantitative estimate of drug-likeness (QED) is 0.896. The van der Waals surface area contributed by atoms with Gasteiger partial charge in [0.05, 0.1) is 18.7 Å². The molecule has 1 saturated heterocycles. The number of benzene rings is 1. The maximum atomic E-state index is 12.3. The minimum absolute atomic E-state index is 0.0417. The number of nitrogens with one attached hydrogen (secondary N) is 1. The molecule has 2 aromatic rings. The molecule has 0 spiro atoms. The van der Waals surface area contributed by atoms with Crippen LogP contribution in [0.4, 0.5) is 5.82 Å². The van der Waals surface area contributed by atoms with Crippen molar-refractivity contribution in [2.75, 3.05) is 25.1 Å². The van der Waals surface area contributed by atoms with Crippen molar-refractivity contribution < 1.29 is 9.53 Å². The first-order valence-electron chi connectivity index (χ1n) is 9.27. The average Bonchev–Trinajstić information content (AvgIpc) is 3.52. The number of nitrogens with zero attached hydrogens (tertiary/aromatic N) is 3. The molecule has 136 valence electrons. The molecular formula is C20H24N4O2. The number of carbonyl (C=O) groups excluding carboxylic acids is 1. The summed E-state index contributed by atoms with van der Waals surface area (Å²) in [6, 6.07) is 12.1. The summed E-state index contributed by atoms with van der Waals surface area (Å²) in [4.78, 5) is 14.5. The third kappa shape index (κ3) is 3.64. The van der Waals surface area contributed by atoms with Gasteiger partial charge in [-0.1, -0.05) is 12.1 Å². The minimum atomic E-state index is 0.0417. The Hall–Kier alpha value is -2.63. The number of aromatic nitrogens is 2. The maximum Gasteiger partial charge on any atom is 0.225 e. The summed E-state index contributed by atoms with van der Waals surface area (Å²) in [6.07, 6.45) is 4.19. The van der Waals surface area contributed by atoms with Gasteiger partial charge in [0.2, 0.25) is 5.91 Å². The van der Waals surface area contributed by atoms with Gasteiger partial charge in [-0.15, -0.1) is 10.2 Å². The van der Waals surface area contributed by atoms with Crippen molar-refractivity contribution in [2.24, 2.45) is 5.92 Å². The van der Waals surface area contributed by atoms with Crippen LogP contribution in [-0.4, -0.2) is 42.3 Å². The third-order valence-corrected chi connectivity index (χ3v) is 5.07. The Balaban J connectivity index is 1.46. The lowest BCUT2D eigenvalue weighted by atomic mass is 9.97. The zero-order valence-corrected chi connectivity index (χ0v) is 15.0. The predicted molar refractivity (Wildman–Crippen MR) is 100 cm³/mol. The Morgan fingerprint density at radius 2 is 2.00 bits per heavy atom. The van der Waals surface area contributed by atoms with Crippen LogP contribution < -0.4 is 15.0 Å². The molecule has 1 aliphatic carbocycles. The molecule has 2 fully saturated rings. The summed E-state index contributed by atoms with van der Waals surface area (Å²) >= 11 is 0. The second-order valence-electron chi connectivity index (χ2n) is 7.05. The number of ether oxygens (including phenoxy) is 1. The van der Waals surface area contributed by atoms with Gasteiger partial charge >= 0.3 is 0 Å². The van der Waals surface area contributed by atoms with E-state index in [4.69, 9.17) is 4.74 Å². The molecular weight excluding hydrogens is 328 g/mol. The van der Waals surface area contributed by atoms with Crippen LogP contribution >= 0.6 is 0 Å². The molecule has 26 heavy (non-hydrogen) atoms. The number of piperidine rings is 1. The van der Waals surface area contributed by atoms with Crippen LogP contribution in [0.1, 0.15) is 25.7 Å². The Labute approximate surface area is 153 Å². The number of carbonyl (C=O) groups is 1. The molecule has 1 saturated carbocycles. The molecule has 4 rings (SSSR count). The fourth-order valence-corrected chi connectivity index (χ4v) is 3.44. The summed E-state index contributed by atoms with van der Waals surface area (Å²) < 4.78 is 5.40. The zero-order valence-electron chi connectivity index (χ0n) is 15.0. The summed E-state index contributed by atoms with van der Waals surface area (Å²) in [5, 5.41) is 11.9. The normalized spacial score (nSPS) is 19.9. The van der Waals surface area contributed by atoms with Gasteiger partial charge < -0.3 is 15.0 Å². The van der Waals surface area contributed by atoms with Crippen LogP contribution in [0.3, 0.4) is 0 Å². The van der Waals surface area contributed by atoms with E-state index in [-0.39, 0.29) is 11.8 Å². The molecule has 0 radical (unpaired) electrons. The van der Waals surface area contributed by atoms with Gasteiger partial charge in [0.15, 0.2) is 5.82 Å². The number of amides is 1. The number of anilines is 1. The lowest BCUT2D eigenvalue weighted by molar-refractivity contribution is -0.125. The predicted octanol–water partition coefficient (Wildman–Crippen LogP) is 2.65. The van der Waals surface area contributed by atoms with Gasteiger partial charge in [0.25, 0.3) is 0 Å². The Kier molecular flexibility index (Phi) is 4.73. The Morgan fingerprint density at radius 1 is 1.15 bits per heavy atom. The SMILES string of the molecule is COc1ccccc1-c1ccc(N2CCCC(C(=O)NC3CC3)C2)nn1. The van der Waals surface area contributed by atoms with Crippen molar-refractivity contribution in [3.05, 3.63) is 36.4 Å². The van der Waals surface area contributed by atoms with Crippen LogP contribution in [0.25, 0.3) is 11.3 Å². The largest absolute Gasteiger partial charge is 0.496 e. The Morgan fingerprint density at radius 3 is 2.73 bits per heavy atom. The molecule has 1 aromatic carbocycles. The van der Waals surface area contributed by atoms with Crippen molar-refractivity contribution in [1.29, 1.82) is 0 Å². The molecule has 1 N–H and O–H groups in total. The molecule has 6 nitrogen and oxygen atoms in total. The van der Waals surface area contributed by atoms with E-state index in [0.29, 0.717) is 12.6 Å². The van der Waals surface area contributed by atoms with Crippen molar-refractivity contribution in [3.8, 4) is 17.0 Å². The number of hydrogen-bond acceptors (Lipinski definition) is 5. The van der Waals surface area contributed by atoms with E-state index in [0.717, 1.165) is 55.1 Å². The number of para-hydroxylation sites is 1. The first-order chi connectivity index (χ1) is 12.7. The van der Waals surface area contributed by atoms with Gasteiger partial charge in [-0.2, -0.15) is 0 Å².